The standard InChI is InChI=1S/C19H24N4O3S2/c1-2-20-17-22-23-18(28-17)27-12-16(24)21-19(7-3-4-8-19)13-5-6-14-15(11-13)26-10-9-25-14/h5-6,11H,2-4,7-10,12H2,1H3,(H,20,22)(H,21,24). The van der Waals surface area contributed by atoms with Crippen molar-refractivity contribution in [1.82, 2.24) is 15.5 Å². The maximum Gasteiger partial charge on any atom is 0.231 e. The van der Waals surface area contributed by atoms with E-state index in [9.17, 15) is 4.79 Å². The quantitative estimate of drug-likeness (QED) is 0.664. The largest absolute Gasteiger partial charge is 0.486 e. The first-order valence-electron chi connectivity index (χ1n) is 9.60. The molecule has 28 heavy (non-hydrogen) atoms. The van der Waals surface area contributed by atoms with Crippen LogP contribution in [0.25, 0.3) is 0 Å². The van der Waals surface area contributed by atoms with Gasteiger partial charge < -0.3 is 20.1 Å². The molecule has 1 saturated carbocycles. The molecule has 0 spiro atoms. The van der Waals surface area contributed by atoms with Crippen LogP contribution in [0, 0.1) is 0 Å². The summed E-state index contributed by atoms with van der Waals surface area (Å²) in [7, 11) is 0. The lowest BCUT2D eigenvalue weighted by Gasteiger charge is -2.32. The molecule has 1 aliphatic heterocycles. The van der Waals surface area contributed by atoms with Crippen molar-refractivity contribution in [2.45, 2.75) is 42.5 Å². The number of aromatic nitrogens is 2. The highest BCUT2D eigenvalue weighted by Crippen LogP contribution is 2.42. The van der Waals surface area contributed by atoms with Gasteiger partial charge in [-0.2, -0.15) is 0 Å². The van der Waals surface area contributed by atoms with Gasteiger partial charge >= 0.3 is 0 Å². The predicted molar refractivity (Wildman–Crippen MR) is 111 cm³/mol. The number of amides is 1. The summed E-state index contributed by atoms with van der Waals surface area (Å²) in [4.78, 5) is 12.7. The molecule has 2 aromatic rings. The SMILES string of the molecule is CCNc1nnc(SCC(=O)NC2(c3ccc4c(c3)OCCO4)CCCC2)s1. The lowest BCUT2D eigenvalue weighted by atomic mass is 9.87. The summed E-state index contributed by atoms with van der Waals surface area (Å²) in [5, 5.41) is 15.4. The van der Waals surface area contributed by atoms with Crippen LogP contribution in [0.15, 0.2) is 22.5 Å². The molecule has 2 aliphatic rings. The second-order valence-corrected chi connectivity index (χ2v) is 9.09. The Morgan fingerprint density at radius 2 is 2.00 bits per heavy atom. The van der Waals surface area contributed by atoms with Crippen LogP contribution in [-0.4, -0.2) is 41.6 Å². The summed E-state index contributed by atoms with van der Waals surface area (Å²) in [6.07, 6.45) is 4.08. The molecule has 1 fully saturated rings. The maximum atomic E-state index is 12.7. The third-order valence-corrected chi connectivity index (χ3v) is 7.01. The van der Waals surface area contributed by atoms with Crippen molar-refractivity contribution in [3.8, 4) is 11.5 Å². The van der Waals surface area contributed by atoms with Crippen LogP contribution in [0.2, 0.25) is 0 Å². The second-order valence-electron chi connectivity index (χ2n) is 6.89. The van der Waals surface area contributed by atoms with Gasteiger partial charge in [0.25, 0.3) is 0 Å². The molecule has 1 aliphatic carbocycles. The van der Waals surface area contributed by atoms with Gasteiger partial charge in [0, 0.05) is 6.54 Å². The topological polar surface area (TPSA) is 85.4 Å². The number of ether oxygens (including phenoxy) is 2. The van der Waals surface area contributed by atoms with Crippen molar-refractivity contribution in [3.63, 3.8) is 0 Å². The Balaban J connectivity index is 1.43. The van der Waals surface area contributed by atoms with Gasteiger partial charge in [0.05, 0.1) is 11.3 Å². The maximum absolute atomic E-state index is 12.7. The van der Waals surface area contributed by atoms with E-state index >= 15 is 0 Å². The summed E-state index contributed by atoms with van der Waals surface area (Å²) in [5.74, 6) is 1.89. The zero-order chi connectivity index (χ0) is 19.4. The minimum Gasteiger partial charge on any atom is -0.486 e. The van der Waals surface area contributed by atoms with Crippen molar-refractivity contribution in [2.75, 3.05) is 30.8 Å². The molecule has 4 rings (SSSR count). The fourth-order valence-electron chi connectivity index (χ4n) is 3.73. The van der Waals surface area contributed by atoms with Crippen LogP contribution >= 0.6 is 23.1 Å². The van der Waals surface area contributed by atoms with E-state index in [0.29, 0.717) is 19.0 Å². The van der Waals surface area contributed by atoms with Crippen molar-refractivity contribution in [3.05, 3.63) is 23.8 Å². The molecular weight excluding hydrogens is 396 g/mol. The molecule has 7 nitrogen and oxygen atoms in total. The zero-order valence-corrected chi connectivity index (χ0v) is 17.5. The van der Waals surface area contributed by atoms with Crippen molar-refractivity contribution < 1.29 is 14.3 Å². The Hall–Kier alpha value is -2.00. The van der Waals surface area contributed by atoms with Gasteiger partial charge in [-0.1, -0.05) is 42.0 Å². The van der Waals surface area contributed by atoms with Crippen LogP contribution < -0.4 is 20.1 Å². The van der Waals surface area contributed by atoms with Gasteiger partial charge in [-0.25, -0.2) is 0 Å². The Labute approximate surface area is 172 Å². The first-order chi connectivity index (χ1) is 13.7. The van der Waals surface area contributed by atoms with E-state index in [1.807, 2.05) is 19.1 Å². The molecule has 9 heteroatoms. The van der Waals surface area contributed by atoms with Crippen molar-refractivity contribution in [1.29, 1.82) is 0 Å². The smallest absolute Gasteiger partial charge is 0.231 e. The highest BCUT2D eigenvalue weighted by atomic mass is 32.2. The average molecular weight is 421 g/mol. The molecule has 0 bridgehead atoms. The third kappa shape index (κ3) is 4.20. The number of nitrogens with zero attached hydrogens (tertiary/aromatic N) is 2. The Morgan fingerprint density at radius 1 is 1.21 bits per heavy atom. The van der Waals surface area contributed by atoms with Crippen molar-refractivity contribution in [2.24, 2.45) is 0 Å². The number of hydrogen-bond acceptors (Lipinski definition) is 8. The van der Waals surface area contributed by atoms with E-state index in [-0.39, 0.29) is 11.4 Å². The van der Waals surface area contributed by atoms with E-state index in [2.05, 4.69) is 26.9 Å². The first kappa shape index (κ1) is 19.3. The number of fused-ring (bicyclic) bond motifs is 1. The van der Waals surface area contributed by atoms with E-state index in [1.54, 1.807) is 0 Å². The summed E-state index contributed by atoms with van der Waals surface area (Å²) < 4.78 is 12.2. The number of carbonyl (C=O) groups excluding carboxylic acids is 1. The molecule has 1 amide bonds. The van der Waals surface area contributed by atoms with Crippen LogP contribution in [0.4, 0.5) is 5.13 Å². The monoisotopic (exact) mass is 420 g/mol. The molecule has 1 aromatic carbocycles. The van der Waals surface area contributed by atoms with Gasteiger partial charge in [0.1, 0.15) is 13.2 Å². The van der Waals surface area contributed by atoms with Gasteiger partial charge in [-0.05, 0) is 37.5 Å². The molecule has 0 saturated heterocycles. The number of hydrogen-bond donors (Lipinski definition) is 2. The molecule has 150 valence electrons. The second kappa shape index (κ2) is 8.57. The molecule has 0 radical (unpaired) electrons. The number of rotatable bonds is 7. The summed E-state index contributed by atoms with van der Waals surface area (Å²) in [6, 6.07) is 6.04. The molecule has 2 heterocycles. The minimum absolute atomic E-state index is 0.0157. The first-order valence-corrected chi connectivity index (χ1v) is 11.4. The number of carbonyl (C=O) groups is 1. The average Bonchev–Trinajstić information content (AvgIpc) is 3.37. The Morgan fingerprint density at radius 3 is 2.79 bits per heavy atom. The third-order valence-electron chi connectivity index (χ3n) is 4.99. The lowest BCUT2D eigenvalue weighted by Crippen LogP contribution is -2.44. The number of benzene rings is 1. The van der Waals surface area contributed by atoms with Gasteiger partial charge in [-0.3, -0.25) is 4.79 Å². The van der Waals surface area contributed by atoms with E-state index in [1.165, 1.54) is 23.1 Å². The Kier molecular flexibility index (Phi) is 5.91. The van der Waals surface area contributed by atoms with Gasteiger partial charge in [0.15, 0.2) is 15.8 Å². The van der Waals surface area contributed by atoms with Crippen LogP contribution in [-0.2, 0) is 10.3 Å². The van der Waals surface area contributed by atoms with E-state index < -0.39 is 0 Å². The van der Waals surface area contributed by atoms with Crippen molar-refractivity contribution >= 4 is 34.1 Å². The fourth-order valence-corrected chi connectivity index (χ4v) is 5.35. The summed E-state index contributed by atoms with van der Waals surface area (Å²) in [5.41, 5.74) is 0.765. The molecule has 0 atom stereocenters. The van der Waals surface area contributed by atoms with Crippen LogP contribution in [0.3, 0.4) is 0 Å². The Bertz CT molecular complexity index is 836. The van der Waals surface area contributed by atoms with E-state index in [4.69, 9.17) is 9.47 Å². The number of thioether (sulfide) groups is 1. The zero-order valence-electron chi connectivity index (χ0n) is 15.8. The van der Waals surface area contributed by atoms with Gasteiger partial charge in [-0.15, -0.1) is 10.2 Å². The lowest BCUT2D eigenvalue weighted by molar-refractivity contribution is -0.120. The molecule has 1 aromatic heterocycles. The fraction of sp³-hybridized carbons (Fsp3) is 0.526. The van der Waals surface area contributed by atoms with Gasteiger partial charge in [0.2, 0.25) is 11.0 Å². The molecule has 2 N–H and O–H groups in total. The van der Waals surface area contributed by atoms with Crippen LogP contribution in [0.1, 0.15) is 38.2 Å². The summed E-state index contributed by atoms with van der Waals surface area (Å²) in [6.45, 7) is 3.95. The predicted octanol–water partition coefficient (Wildman–Crippen LogP) is 3.42. The summed E-state index contributed by atoms with van der Waals surface area (Å²) >= 11 is 2.90. The molecular formula is C19H24N4O3S2. The normalized spacial score (nSPS) is 17.3. The minimum atomic E-state index is -0.330. The highest BCUT2D eigenvalue weighted by Gasteiger charge is 2.37. The number of anilines is 1. The number of nitrogens with one attached hydrogen (secondary N) is 2. The highest BCUT2D eigenvalue weighted by molar-refractivity contribution is 8.01. The molecule has 0 unspecified atom stereocenters. The van der Waals surface area contributed by atoms with Crippen LogP contribution in [0.5, 0.6) is 11.5 Å². The van der Waals surface area contributed by atoms with E-state index in [0.717, 1.165) is 58.8 Å².